The summed E-state index contributed by atoms with van der Waals surface area (Å²) in [6.45, 7) is 0. The summed E-state index contributed by atoms with van der Waals surface area (Å²) in [5.74, 6) is 0.834. The predicted molar refractivity (Wildman–Crippen MR) is 94.4 cm³/mol. The summed E-state index contributed by atoms with van der Waals surface area (Å²) in [4.78, 5) is 8.85. The Morgan fingerprint density at radius 1 is 1.00 bits per heavy atom. The second-order valence-electron chi connectivity index (χ2n) is 6.08. The quantitative estimate of drug-likeness (QED) is 0.702. The van der Waals surface area contributed by atoms with Gasteiger partial charge in [-0.3, -0.25) is 0 Å². The first-order chi connectivity index (χ1) is 11.3. The Hall–Kier alpha value is -2.07. The van der Waals surface area contributed by atoms with Crippen molar-refractivity contribution in [3.63, 3.8) is 0 Å². The number of benzene rings is 1. The van der Waals surface area contributed by atoms with E-state index in [1.807, 2.05) is 30.5 Å². The van der Waals surface area contributed by atoms with Crippen molar-refractivity contribution in [2.75, 3.05) is 5.32 Å². The van der Waals surface area contributed by atoms with Crippen LogP contribution in [0.4, 0.5) is 5.82 Å². The Morgan fingerprint density at radius 3 is 2.57 bits per heavy atom. The van der Waals surface area contributed by atoms with Crippen molar-refractivity contribution in [3.05, 3.63) is 47.9 Å². The number of anilines is 1. The lowest BCUT2D eigenvalue weighted by Gasteiger charge is -2.24. The van der Waals surface area contributed by atoms with Crippen molar-refractivity contribution < 1.29 is 0 Å². The minimum atomic E-state index is 0.293. The number of hydrogen-bond donors (Lipinski definition) is 1. The van der Waals surface area contributed by atoms with Crippen LogP contribution < -0.4 is 5.32 Å². The monoisotopic (exact) mass is 326 g/mol. The molecule has 4 rings (SSSR count). The number of nitrogens with one attached hydrogen (secondary N) is 1. The van der Waals surface area contributed by atoms with Crippen LogP contribution in [0.15, 0.2) is 42.6 Å². The Labute approximate surface area is 140 Å². The molecule has 1 aliphatic carbocycles. The van der Waals surface area contributed by atoms with E-state index in [9.17, 15) is 0 Å². The number of para-hydroxylation sites is 1. The Kier molecular flexibility index (Phi) is 3.92. The fourth-order valence-electron chi connectivity index (χ4n) is 3.36. The zero-order chi connectivity index (χ0) is 15.6. The molecule has 0 spiro atoms. The van der Waals surface area contributed by atoms with Crippen molar-refractivity contribution in [1.82, 2.24) is 14.5 Å². The summed E-state index contributed by atoms with van der Waals surface area (Å²) in [6.07, 6.45) is 8.29. The fourth-order valence-corrected chi connectivity index (χ4v) is 3.54. The zero-order valence-corrected chi connectivity index (χ0v) is 13.6. The summed E-state index contributed by atoms with van der Waals surface area (Å²) in [5.41, 5.74) is 2.96. The van der Waals surface area contributed by atoms with Crippen molar-refractivity contribution in [3.8, 4) is 5.69 Å². The van der Waals surface area contributed by atoms with Gasteiger partial charge in [0, 0.05) is 17.9 Å². The normalized spacial score (nSPS) is 15.9. The van der Waals surface area contributed by atoms with Gasteiger partial charge >= 0.3 is 0 Å². The van der Waals surface area contributed by atoms with Crippen molar-refractivity contribution in [2.45, 2.75) is 38.1 Å². The van der Waals surface area contributed by atoms with Crippen LogP contribution in [0.25, 0.3) is 16.7 Å². The number of fused-ring (bicyclic) bond motifs is 1. The topological polar surface area (TPSA) is 42.7 Å². The van der Waals surface area contributed by atoms with Crippen LogP contribution in [0.5, 0.6) is 0 Å². The Balaban J connectivity index is 1.80. The summed E-state index contributed by atoms with van der Waals surface area (Å²) < 4.78 is 2.12. The highest BCUT2D eigenvalue weighted by molar-refractivity contribution is 6.28. The second kappa shape index (κ2) is 6.20. The maximum absolute atomic E-state index is 6.13. The number of halogens is 1. The van der Waals surface area contributed by atoms with Gasteiger partial charge in [-0.25, -0.2) is 4.98 Å². The number of aromatic nitrogens is 3. The number of nitrogens with zero attached hydrogens (tertiary/aromatic N) is 3. The zero-order valence-electron chi connectivity index (χ0n) is 12.9. The lowest BCUT2D eigenvalue weighted by atomic mass is 9.95. The van der Waals surface area contributed by atoms with E-state index in [2.05, 4.69) is 32.0 Å². The molecule has 118 valence electrons. The molecule has 2 aromatic heterocycles. The molecule has 2 heterocycles. The molecule has 0 unspecified atom stereocenters. The van der Waals surface area contributed by atoms with E-state index in [0.717, 1.165) is 22.5 Å². The van der Waals surface area contributed by atoms with Crippen LogP contribution in [0.1, 0.15) is 32.1 Å². The molecule has 1 aromatic carbocycles. The molecule has 0 bridgehead atoms. The molecule has 3 aromatic rings. The summed E-state index contributed by atoms with van der Waals surface area (Å²) in [5, 5.41) is 3.90. The van der Waals surface area contributed by atoms with Gasteiger partial charge in [-0.15, -0.1) is 0 Å². The maximum Gasteiger partial charge on any atom is 0.225 e. The fraction of sp³-hybridized carbons (Fsp3) is 0.333. The van der Waals surface area contributed by atoms with E-state index < -0.39 is 0 Å². The van der Waals surface area contributed by atoms with Gasteiger partial charge in [-0.05, 0) is 42.6 Å². The number of rotatable bonds is 3. The van der Waals surface area contributed by atoms with Crippen LogP contribution in [-0.2, 0) is 0 Å². The third kappa shape index (κ3) is 2.91. The lowest BCUT2D eigenvalue weighted by molar-refractivity contribution is 0.462. The molecule has 0 aliphatic heterocycles. The predicted octanol–water partition coefficient (Wildman–Crippen LogP) is 4.82. The van der Waals surface area contributed by atoms with Crippen LogP contribution >= 0.6 is 11.6 Å². The van der Waals surface area contributed by atoms with Crippen molar-refractivity contribution >= 4 is 28.5 Å². The van der Waals surface area contributed by atoms with Gasteiger partial charge in [-0.2, -0.15) is 4.98 Å². The molecule has 1 fully saturated rings. The third-order valence-corrected chi connectivity index (χ3v) is 4.66. The molecule has 1 N–H and O–H groups in total. The molecule has 1 saturated carbocycles. The van der Waals surface area contributed by atoms with E-state index in [1.54, 1.807) is 0 Å². The van der Waals surface area contributed by atoms with E-state index in [4.69, 9.17) is 11.6 Å². The molecule has 0 saturated heterocycles. The van der Waals surface area contributed by atoms with Gasteiger partial charge in [0.25, 0.3) is 0 Å². The van der Waals surface area contributed by atoms with Crippen LogP contribution in [0.2, 0.25) is 5.28 Å². The molecule has 0 radical (unpaired) electrons. The Morgan fingerprint density at radius 2 is 1.78 bits per heavy atom. The molecule has 1 aliphatic rings. The van der Waals surface area contributed by atoms with Gasteiger partial charge in [0.1, 0.15) is 5.52 Å². The first kappa shape index (κ1) is 14.5. The van der Waals surface area contributed by atoms with E-state index >= 15 is 0 Å². The summed E-state index contributed by atoms with van der Waals surface area (Å²) in [7, 11) is 0. The molecule has 23 heavy (non-hydrogen) atoms. The minimum Gasteiger partial charge on any atom is -0.365 e. The molecule has 0 atom stereocenters. The van der Waals surface area contributed by atoms with Gasteiger partial charge in [0.15, 0.2) is 5.82 Å². The smallest absolute Gasteiger partial charge is 0.225 e. The highest BCUT2D eigenvalue weighted by Gasteiger charge is 2.18. The van der Waals surface area contributed by atoms with Gasteiger partial charge in [0.05, 0.1) is 5.52 Å². The third-order valence-electron chi connectivity index (χ3n) is 4.49. The average molecular weight is 327 g/mol. The summed E-state index contributed by atoms with van der Waals surface area (Å²) >= 11 is 6.13. The second-order valence-corrected chi connectivity index (χ2v) is 6.41. The van der Waals surface area contributed by atoms with E-state index in [0.29, 0.717) is 11.3 Å². The van der Waals surface area contributed by atoms with Gasteiger partial charge < -0.3 is 9.88 Å². The maximum atomic E-state index is 6.13. The average Bonchev–Trinajstić information content (AvgIpc) is 3.00. The van der Waals surface area contributed by atoms with Gasteiger partial charge in [0.2, 0.25) is 5.28 Å². The molecule has 0 amide bonds. The van der Waals surface area contributed by atoms with Crippen molar-refractivity contribution in [2.24, 2.45) is 0 Å². The van der Waals surface area contributed by atoms with Crippen molar-refractivity contribution in [1.29, 1.82) is 0 Å². The highest BCUT2D eigenvalue weighted by Crippen LogP contribution is 2.29. The minimum absolute atomic E-state index is 0.293. The lowest BCUT2D eigenvalue weighted by Crippen LogP contribution is -2.23. The van der Waals surface area contributed by atoms with Crippen LogP contribution in [0, 0.1) is 0 Å². The van der Waals surface area contributed by atoms with E-state index in [-0.39, 0.29) is 0 Å². The number of hydrogen-bond acceptors (Lipinski definition) is 3. The summed E-state index contributed by atoms with van der Waals surface area (Å²) in [6, 6.07) is 12.7. The highest BCUT2D eigenvalue weighted by atomic mass is 35.5. The Bertz CT molecular complexity index is 807. The first-order valence-electron chi connectivity index (χ1n) is 8.18. The SMILES string of the molecule is Clc1nc(NC2CCCCC2)c2c(ccn2-c2ccccc2)n1. The standard InChI is InChI=1S/C18H19ClN4/c19-18-21-15-11-12-23(14-9-5-2-6-10-14)16(15)17(22-18)20-13-7-3-1-4-8-13/h2,5-6,9-13H,1,3-4,7-8H2,(H,20,21,22). The van der Waals surface area contributed by atoms with Gasteiger partial charge in [-0.1, -0.05) is 37.5 Å². The first-order valence-corrected chi connectivity index (χ1v) is 8.55. The molecule has 4 nitrogen and oxygen atoms in total. The van der Waals surface area contributed by atoms with E-state index in [1.165, 1.54) is 32.1 Å². The molecular formula is C18H19ClN4. The molecule has 5 heteroatoms. The molecular weight excluding hydrogens is 308 g/mol. The van der Waals surface area contributed by atoms with Crippen LogP contribution in [-0.4, -0.2) is 20.6 Å². The largest absolute Gasteiger partial charge is 0.365 e. The van der Waals surface area contributed by atoms with Crippen LogP contribution in [0.3, 0.4) is 0 Å².